The van der Waals surface area contributed by atoms with Gasteiger partial charge in [-0.3, -0.25) is 24.2 Å². The molecule has 15 heteroatoms. The number of hydrogen-bond donors (Lipinski definition) is 9. The number of carbonyl (C=O) groups is 5. The maximum Gasteiger partial charge on any atom is 0.328 e. The molecular weight excluding hydrogens is 454 g/mol. The van der Waals surface area contributed by atoms with E-state index in [9.17, 15) is 24.0 Å². The number of aliphatic imine (C=N–C) groups is 1. The van der Waals surface area contributed by atoms with Gasteiger partial charge in [-0.25, -0.2) is 4.79 Å². The number of aliphatic hydroxyl groups is 1. The Hall–Kier alpha value is -3.46. The number of hydrogen-bond acceptors (Lipinski definition) is 8. The van der Waals surface area contributed by atoms with Crippen LogP contribution in [0.15, 0.2) is 4.99 Å². The molecule has 0 spiro atoms. The number of rotatable bonds is 16. The summed E-state index contributed by atoms with van der Waals surface area (Å²) in [5.74, 6) is -5.76. The van der Waals surface area contributed by atoms with Gasteiger partial charge in [0, 0.05) is 6.54 Å². The molecule has 0 aromatic rings. The van der Waals surface area contributed by atoms with E-state index in [1.807, 2.05) is 0 Å². The average molecular weight is 490 g/mol. The molecule has 194 valence electrons. The largest absolute Gasteiger partial charge is 0.481 e. The van der Waals surface area contributed by atoms with E-state index in [0.29, 0.717) is 6.42 Å². The van der Waals surface area contributed by atoms with E-state index in [0.717, 1.165) is 0 Å². The molecule has 0 bridgehead atoms. The van der Waals surface area contributed by atoms with Gasteiger partial charge in [0.1, 0.15) is 18.1 Å². The van der Waals surface area contributed by atoms with E-state index < -0.39 is 66.9 Å². The quantitative estimate of drug-likeness (QED) is 0.0580. The molecule has 0 aromatic carbocycles. The molecule has 0 fully saturated rings. The molecule has 0 aliphatic heterocycles. The summed E-state index contributed by atoms with van der Waals surface area (Å²) in [6.45, 7) is 2.83. The molecule has 34 heavy (non-hydrogen) atoms. The molecule has 0 radical (unpaired) electrons. The lowest BCUT2D eigenvalue weighted by atomic mass is 10.0. The summed E-state index contributed by atoms with van der Waals surface area (Å²) in [4.78, 5) is 63.6. The maximum atomic E-state index is 12.7. The Balaban J connectivity index is 5.33. The summed E-state index contributed by atoms with van der Waals surface area (Å²) in [5.41, 5.74) is 16.2. The number of nitrogens with one attached hydrogen (secondary N) is 3. The molecule has 0 aliphatic rings. The van der Waals surface area contributed by atoms with Crippen molar-refractivity contribution in [2.75, 3.05) is 13.2 Å². The van der Waals surface area contributed by atoms with Crippen molar-refractivity contribution < 1.29 is 39.3 Å². The number of guanidine groups is 1. The summed E-state index contributed by atoms with van der Waals surface area (Å²) in [5, 5.41) is 33.9. The SMILES string of the molecule is CC(C)CC(NC(=O)C(CC(=O)O)NC(=O)C(N)CCCN=C(N)N)C(=O)NC(CO)C(=O)O. The Bertz CT molecular complexity index is 755. The van der Waals surface area contributed by atoms with Crippen molar-refractivity contribution in [3.05, 3.63) is 0 Å². The summed E-state index contributed by atoms with van der Waals surface area (Å²) in [7, 11) is 0. The van der Waals surface area contributed by atoms with Crippen LogP contribution >= 0.6 is 0 Å². The minimum Gasteiger partial charge on any atom is -0.481 e. The number of carbonyl (C=O) groups excluding carboxylic acids is 3. The van der Waals surface area contributed by atoms with Crippen LogP contribution in [-0.4, -0.2) is 88.3 Å². The van der Waals surface area contributed by atoms with Crippen molar-refractivity contribution >= 4 is 35.6 Å². The molecule has 0 rings (SSSR count). The first-order chi connectivity index (χ1) is 15.8. The van der Waals surface area contributed by atoms with Gasteiger partial charge in [-0.15, -0.1) is 0 Å². The fourth-order valence-corrected chi connectivity index (χ4v) is 2.75. The minimum atomic E-state index is -1.59. The monoisotopic (exact) mass is 489 g/mol. The van der Waals surface area contributed by atoms with Gasteiger partial charge in [-0.2, -0.15) is 0 Å². The highest BCUT2D eigenvalue weighted by Crippen LogP contribution is 2.07. The first kappa shape index (κ1) is 30.5. The van der Waals surface area contributed by atoms with Crippen molar-refractivity contribution in [1.82, 2.24) is 16.0 Å². The smallest absolute Gasteiger partial charge is 0.328 e. The van der Waals surface area contributed by atoms with Crippen molar-refractivity contribution in [2.45, 2.75) is 63.7 Å². The molecule has 0 heterocycles. The third kappa shape index (κ3) is 12.5. The molecule has 15 nitrogen and oxygen atoms in total. The number of carboxylic acids is 2. The van der Waals surface area contributed by atoms with Crippen LogP contribution in [0.25, 0.3) is 0 Å². The highest BCUT2D eigenvalue weighted by atomic mass is 16.4. The zero-order chi connectivity index (χ0) is 26.4. The van der Waals surface area contributed by atoms with Crippen LogP contribution in [0.4, 0.5) is 0 Å². The average Bonchev–Trinajstić information content (AvgIpc) is 2.72. The fraction of sp³-hybridized carbons (Fsp3) is 0.684. The topological polar surface area (TPSA) is 273 Å². The highest BCUT2D eigenvalue weighted by Gasteiger charge is 2.31. The van der Waals surface area contributed by atoms with Crippen molar-refractivity contribution in [3.8, 4) is 0 Å². The third-order valence-electron chi connectivity index (χ3n) is 4.45. The lowest BCUT2D eigenvalue weighted by molar-refractivity contribution is -0.144. The van der Waals surface area contributed by atoms with Gasteiger partial charge >= 0.3 is 11.9 Å². The van der Waals surface area contributed by atoms with E-state index in [1.54, 1.807) is 13.8 Å². The first-order valence-electron chi connectivity index (χ1n) is 10.6. The van der Waals surface area contributed by atoms with Crippen molar-refractivity contribution in [2.24, 2.45) is 28.1 Å². The molecule has 0 aliphatic carbocycles. The van der Waals surface area contributed by atoms with Gasteiger partial charge in [0.15, 0.2) is 5.96 Å². The molecule has 0 saturated heterocycles. The normalized spacial score (nSPS) is 14.3. The Morgan fingerprint density at radius 1 is 0.882 bits per heavy atom. The van der Waals surface area contributed by atoms with E-state index in [2.05, 4.69) is 20.9 Å². The van der Waals surface area contributed by atoms with Gasteiger partial charge < -0.3 is 48.5 Å². The van der Waals surface area contributed by atoms with Gasteiger partial charge in [-0.1, -0.05) is 13.8 Å². The van der Waals surface area contributed by atoms with E-state index in [4.69, 9.17) is 32.5 Å². The van der Waals surface area contributed by atoms with Crippen LogP contribution in [0.1, 0.15) is 39.5 Å². The number of amides is 3. The summed E-state index contributed by atoms with van der Waals surface area (Å²) >= 11 is 0. The number of nitrogens with two attached hydrogens (primary N) is 3. The van der Waals surface area contributed by atoms with Crippen LogP contribution in [0.5, 0.6) is 0 Å². The molecule has 4 atom stereocenters. The van der Waals surface area contributed by atoms with Gasteiger partial charge in [0.25, 0.3) is 0 Å². The van der Waals surface area contributed by atoms with E-state index in [-0.39, 0.29) is 31.3 Å². The van der Waals surface area contributed by atoms with Gasteiger partial charge in [0.05, 0.1) is 19.1 Å². The van der Waals surface area contributed by atoms with E-state index in [1.165, 1.54) is 0 Å². The highest BCUT2D eigenvalue weighted by molar-refractivity contribution is 5.95. The number of carboxylic acid groups (broad SMARTS) is 2. The zero-order valence-corrected chi connectivity index (χ0v) is 19.2. The van der Waals surface area contributed by atoms with Crippen LogP contribution in [0.3, 0.4) is 0 Å². The van der Waals surface area contributed by atoms with Gasteiger partial charge in [0.2, 0.25) is 17.7 Å². The summed E-state index contributed by atoms with van der Waals surface area (Å²) in [6.07, 6.45) is -0.204. The summed E-state index contributed by atoms with van der Waals surface area (Å²) in [6, 6.07) is -5.47. The standard InChI is InChI=1S/C19H35N7O8/c1-9(2)6-11(16(31)26-13(8-27)18(33)34)25-17(32)12(7-14(28)29)24-15(30)10(20)4-3-5-23-19(21)22/h9-13,27H,3-8,20H2,1-2H3,(H,24,30)(H,25,32)(H,26,31)(H,28,29)(H,33,34)(H4,21,22,23). The minimum absolute atomic E-state index is 0.0768. The summed E-state index contributed by atoms with van der Waals surface area (Å²) < 4.78 is 0. The Labute approximate surface area is 196 Å². The lowest BCUT2D eigenvalue weighted by Gasteiger charge is -2.25. The zero-order valence-electron chi connectivity index (χ0n) is 19.2. The van der Waals surface area contributed by atoms with Crippen LogP contribution in [-0.2, 0) is 24.0 Å². The number of nitrogens with zero attached hydrogens (tertiary/aromatic N) is 1. The number of aliphatic carboxylic acids is 2. The predicted octanol–water partition coefficient (Wildman–Crippen LogP) is -3.58. The molecule has 4 unspecified atom stereocenters. The lowest BCUT2D eigenvalue weighted by Crippen LogP contribution is -2.58. The molecular formula is C19H35N7O8. The fourth-order valence-electron chi connectivity index (χ4n) is 2.75. The maximum absolute atomic E-state index is 12.7. The van der Waals surface area contributed by atoms with Crippen LogP contribution in [0, 0.1) is 5.92 Å². The Kier molecular flexibility index (Phi) is 13.8. The van der Waals surface area contributed by atoms with Crippen molar-refractivity contribution in [1.29, 1.82) is 0 Å². The Morgan fingerprint density at radius 2 is 1.41 bits per heavy atom. The first-order valence-corrected chi connectivity index (χ1v) is 10.6. The molecule has 0 saturated carbocycles. The van der Waals surface area contributed by atoms with Gasteiger partial charge in [-0.05, 0) is 25.2 Å². The second-order valence-electron chi connectivity index (χ2n) is 7.99. The van der Waals surface area contributed by atoms with E-state index >= 15 is 0 Å². The van der Waals surface area contributed by atoms with Crippen molar-refractivity contribution in [3.63, 3.8) is 0 Å². The molecule has 12 N–H and O–H groups in total. The second-order valence-corrected chi connectivity index (χ2v) is 7.99. The second kappa shape index (κ2) is 15.4. The van der Waals surface area contributed by atoms with Crippen LogP contribution in [0.2, 0.25) is 0 Å². The Morgan fingerprint density at radius 3 is 1.88 bits per heavy atom. The third-order valence-corrected chi connectivity index (χ3v) is 4.45. The predicted molar refractivity (Wildman–Crippen MR) is 120 cm³/mol. The number of aliphatic hydroxyl groups excluding tert-OH is 1. The van der Waals surface area contributed by atoms with Crippen LogP contribution < -0.4 is 33.2 Å². The molecule has 3 amide bonds. The molecule has 0 aromatic heterocycles.